The van der Waals surface area contributed by atoms with Crippen molar-refractivity contribution >= 4 is 23.6 Å². The number of benzene rings is 3. The Bertz CT molecular complexity index is 1320. The Balaban J connectivity index is 1.49. The van der Waals surface area contributed by atoms with Gasteiger partial charge in [0.15, 0.2) is 11.5 Å². The summed E-state index contributed by atoms with van der Waals surface area (Å²) in [6.07, 6.45) is 5.00. The minimum Gasteiger partial charge on any atom is -0.493 e. The molecule has 0 bridgehead atoms. The molecule has 1 fully saturated rings. The van der Waals surface area contributed by atoms with Gasteiger partial charge in [0, 0.05) is 30.6 Å². The lowest BCUT2D eigenvalue weighted by molar-refractivity contribution is -0.136. The lowest BCUT2D eigenvalue weighted by Gasteiger charge is -2.43. The van der Waals surface area contributed by atoms with Crippen molar-refractivity contribution < 1.29 is 19.1 Å². The molecule has 1 saturated heterocycles. The van der Waals surface area contributed by atoms with E-state index in [1.807, 2.05) is 35.4 Å². The fourth-order valence-electron chi connectivity index (χ4n) is 6.03. The summed E-state index contributed by atoms with van der Waals surface area (Å²) in [5.74, 6) is 0.931. The minimum absolute atomic E-state index is 0.0555. The number of carbonyl (C=O) groups is 2. The number of ether oxygens (including phenoxy) is 2. The molecule has 2 aliphatic rings. The van der Waals surface area contributed by atoms with Crippen molar-refractivity contribution in [3.63, 3.8) is 0 Å². The van der Waals surface area contributed by atoms with E-state index in [0.717, 1.165) is 29.7 Å². The number of likely N-dealkylation sites (tertiary alicyclic amines) is 1. The number of fused-ring (bicyclic) bond motifs is 1. The highest BCUT2D eigenvalue weighted by Gasteiger charge is 2.45. The standard InChI is InChI=1S/C32H36N2O4S/c1-33-30(23-10-12-24(39-4)13-11-23)29(25-19-27(37-2)28(38-3)20-26(25)31(33)35)32(36)34-16-14-22(15-17-34)18-21-8-6-5-7-9-21/h5-13,19-20,22,29-30H,14-18H2,1-4H3/t29-,30+/m1/s1. The van der Waals surface area contributed by atoms with Crippen LogP contribution in [0.25, 0.3) is 0 Å². The molecule has 0 radical (unpaired) electrons. The zero-order chi connectivity index (χ0) is 27.5. The summed E-state index contributed by atoms with van der Waals surface area (Å²) in [6.45, 7) is 1.43. The van der Waals surface area contributed by atoms with Crippen LogP contribution in [-0.2, 0) is 11.2 Å². The van der Waals surface area contributed by atoms with E-state index in [0.29, 0.717) is 41.6 Å². The van der Waals surface area contributed by atoms with Gasteiger partial charge in [-0.3, -0.25) is 9.59 Å². The van der Waals surface area contributed by atoms with E-state index in [4.69, 9.17) is 9.47 Å². The van der Waals surface area contributed by atoms with Gasteiger partial charge in [0.25, 0.3) is 5.91 Å². The van der Waals surface area contributed by atoms with Crippen LogP contribution < -0.4 is 9.47 Å². The predicted molar refractivity (Wildman–Crippen MR) is 155 cm³/mol. The fraction of sp³-hybridized carbons (Fsp3) is 0.375. The van der Waals surface area contributed by atoms with E-state index in [1.54, 1.807) is 44.0 Å². The van der Waals surface area contributed by atoms with Gasteiger partial charge in [-0.1, -0.05) is 42.5 Å². The maximum absolute atomic E-state index is 14.4. The summed E-state index contributed by atoms with van der Waals surface area (Å²) < 4.78 is 11.1. The van der Waals surface area contributed by atoms with Gasteiger partial charge in [-0.2, -0.15) is 0 Å². The average Bonchev–Trinajstić information content (AvgIpc) is 2.99. The molecular weight excluding hydrogens is 508 g/mol. The SMILES string of the molecule is COc1cc2c(cc1OC)[C@@H](C(=O)N1CCC(Cc3ccccc3)CC1)[C@H](c1ccc(SC)cc1)N(C)C2=O. The number of nitrogens with zero attached hydrogens (tertiary/aromatic N) is 2. The third-order valence-electron chi connectivity index (χ3n) is 8.19. The van der Waals surface area contributed by atoms with Crippen LogP contribution in [0.1, 0.15) is 51.8 Å². The van der Waals surface area contributed by atoms with E-state index in [2.05, 4.69) is 36.4 Å². The molecule has 5 rings (SSSR count). The first kappa shape index (κ1) is 27.1. The van der Waals surface area contributed by atoms with Gasteiger partial charge >= 0.3 is 0 Å². The molecule has 39 heavy (non-hydrogen) atoms. The number of thioether (sulfide) groups is 1. The Labute approximate surface area is 235 Å². The molecule has 204 valence electrons. The van der Waals surface area contributed by atoms with E-state index in [9.17, 15) is 9.59 Å². The van der Waals surface area contributed by atoms with Crippen molar-refractivity contribution in [2.75, 3.05) is 40.6 Å². The van der Waals surface area contributed by atoms with Crippen LogP contribution in [0.15, 0.2) is 71.6 Å². The molecule has 0 aliphatic carbocycles. The molecule has 2 amide bonds. The number of hydrogen-bond donors (Lipinski definition) is 0. The quantitative estimate of drug-likeness (QED) is 0.351. The van der Waals surface area contributed by atoms with Crippen molar-refractivity contribution in [2.24, 2.45) is 5.92 Å². The summed E-state index contributed by atoms with van der Waals surface area (Å²) in [5, 5.41) is 0. The third kappa shape index (κ3) is 5.37. The zero-order valence-electron chi connectivity index (χ0n) is 23.1. The lowest BCUT2D eigenvalue weighted by Crippen LogP contribution is -2.48. The van der Waals surface area contributed by atoms with E-state index < -0.39 is 12.0 Å². The van der Waals surface area contributed by atoms with Crippen molar-refractivity contribution in [1.82, 2.24) is 9.80 Å². The number of rotatable bonds is 7. The predicted octanol–water partition coefficient (Wildman–Crippen LogP) is 5.82. The van der Waals surface area contributed by atoms with Gasteiger partial charge in [0.2, 0.25) is 5.91 Å². The highest BCUT2D eigenvalue weighted by Crippen LogP contribution is 2.46. The lowest BCUT2D eigenvalue weighted by atomic mass is 9.78. The van der Waals surface area contributed by atoms with E-state index >= 15 is 0 Å². The molecule has 0 aromatic heterocycles. The average molecular weight is 545 g/mol. The molecule has 2 heterocycles. The summed E-state index contributed by atoms with van der Waals surface area (Å²) >= 11 is 1.67. The Morgan fingerprint density at radius 3 is 2.21 bits per heavy atom. The van der Waals surface area contributed by atoms with Gasteiger partial charge in [-0.15, -0.1) is 11.8 Å². The normalized spacial score (nSPS) is 19.5. The van der Waals surface area contributed by atoms with Gasteiger partial charge in [-0.05, 0) is 72.4 Å². The molecule has 0 unspecified atom stereocenters. The topological polar surface area (TPSA) is 59.1 Å². The monoisotopic (exact) mass is 544 g/mol. The second-order valence-corrected chi connectivity index (χ2v) is 11.2. The Morgan fingerprint density at radius 1 is 0.949 bits per heavy atom. The summed E-state index contributed by atoms with van der Waals surface area (Å²) in [4.78, 5) is 32.9. The van der Waals surface area contributed by atoms with Crippen molar-refractivity contribution in [3.05, 3.63) is 89.0 Å². The first-order valence-corrected chi connectivity index (χ1v) is 14.7. The van der Waals surface area contributed by atoms with Crippen molar-refractivity contribution in [3.8, 4) is 11.5 Å². The van der Waals surface area contributed by atoms with Crippen LogP contribution >= 0.6 is 11.8 Å². The highest BCUT2D eigenvalue weighted by atomic mass is 32.2. The maximum Gasteiger partial charge on any atom is 0.254 e. The summed E-state index contributed by atoms with van der Waals surface area (Å²) in [6, 6.07) is 21.9. The van der Waals surface area contributed by atoms with Crippen molar-refractivity contribution in [1.29, 1.82) is 0 Å². The first-order valence-electron chi connectivity index (χ1n) is 13.4. The number of piperidine rings is 1. The number of amides is 2. The molecule has 6 nitrogen and oxygen atoms in total. The number of likely N-dealkylation sites (N-methyl/N-ethyl adjacent to an activating group) is 1. The Morgan fingerprint density at radius 2 is 1.59 bits per heavy atom. The van der Waals surface area contributed by atoms with E-state index in [-0.39, 0.29) is 11.8 Å². The minimum atomic E-state index is -0.548. The van der Waals surface area contributed by atoms with Gasteiger partial charge < -0.3 is 19.3 Å². The summed E-state index contributed by atoms with van der Waals surface area (Å²) in [5.41, 5.74) is 3.48. The molecule has 0 spiro atoms. The number of carbonyl (C=O) groups excluding carboxylic acids is 2. The van der Waals surface area contributed by atoms with Crippen LogP contribution in [0.5, 0.6) is 11.5 Å². The van der Waals surface area contributed by atoms with Gasteiger partial charge in [-0.25, -0.2) is 0 Å². The van der Waals surface area contributed by atoms with E-state index in [1.165, 1.54) is 5.56 Å². The van der Waals surface area contributed by atoms with Gasteiger partial charge in [0.05, 0.1) is 26.2 Å². The molecule has 0 N–H and O–H groups in total. The molecule has 3 aromatic rings. The molecule has 7 heteroatoms. The highest BCUT2D eigenvalue weighted by molar-refractivity contribution is 7.98. The molecule has 2 aliphatic heterocycles. The Hall–Kier alpha value is -3.45. The molecule has 0 saturated carbocycles. The first-order chi connectivity index (χ1) is 18.9. The Kier molecular flexibility index (Phi) is 8.17. The third-order valence-corrected chi connectivity index (χ3v) is 8.93. The smallest absolute Gasteiger partial charge is 0.254 e. The molecular formula is C32H36N2O4S. The van der Waals surface area contributed by atoms with Crippen molar-refractivity contribution in [2.45, 2.75) is 36.1 Å². The molecule has 3 aromatic carbocycles. The number of methoxy groups -OCH3 is 2. The van der Waals surface area contributed by atoms with Crippen LogP contribution in [-0.4, -0.2) is 62.2 Å². The number of hydrogen-bond acceptors (Lipinski definition) is 5. The molecule has 2 atom stereocenters. The summed E-state index contributed by atoms with van der Waals surface area (Å²) in [7, 11) is 4.93. The maximum atomic E-state index is 14.4. The van der Waals surface area contributed by atoms with Crippen LogP contribution in [0.4, 0.5) is 0 Å². The van der Waals surface area contributed by atoms with Crippen LogP contribution in [0.2, 0.25) is 0 Å². The largest absolute Gasteiger partial charge is 0.493 e. The zero-order valence-corrected chi connectivity index (χ0v) is 23.9. The second kappa shape index (κ2) is 11.7. The van der Waals surface area contributed by atoms with Crippen LogP contribution in [0, 0.1) is 5.92 Å². The van der Waals surface area contributed by atoms with Gasteiger partial charge in [0.1, 0.15) is 0 Å². The van der Waals surface area contributed by atoms with Crippen LogP contribution in [0.3, 0.4) is 0 Å². The second-order valence-electron chi connectivity index (χ2n) is 10.4. The fourth-order valence-corrected chi connectivity index (χ4v) is 6.44.